The van der Waals surface area contributed by atoms with Crippen LogP contribution in [0.5, 0.6) is 0 Å². The van der Waals surface area contributed by atoms with Crippen LogP contribution in [0.2, 0.25) is 0 Å². The average molecular weight is 270 g/mol. The van der Waals surface area contributed by atoms with Crippen molar-refractivity contribution in [2.75, 3.05) is 0 Å². The Hall–Kier alpha value is -0.990. The summed E-state index contributed by atoms with van der Waals surface area (Å²) >= 11 is 3.46. The first-order chi connectivity index (χ1) is 7.22. The number of hydrogen-bond donors (Lipinski definition) is 0. The summed E-state index contributed by atoms with van der Waals surface area (Å²) in [6.45, 7) is 2.25. The highest BCUT2D eigenvalue weighted by molar-refractivity contribution is 9.10. The zero-order valence-electron chi connectivity index (χ0n) is 8.44. The van der Waals surface area contributed by atoms with Gasteiger partial charge in [-0.1, -0.05) is 29.3 Å². The highest BCUT2D eigenvalue weighted by atomic mass is 79.9. The second kappa shape index (κ2) is 5.79. The van der Waals surface area contributed by atoms with E-state index in [-0.39, 0.29) is 6.15 Å². The molecule has 3 nitrogen and oxygen atoms in total. The van der Waals surface area contributed by atoms with Gasteiger partial charge in [0, 0.05) is 22.3 Å². The van der Waals surface area contributed by atoms with E-state index in [1.165, 1.54) is 18.5 Å². The van der Waals surface area contributed by atoms with Crippen LogP contribution in [-0.4, -0.2) is 11.1 Å². The van der Waals surface area contributed by atoms with E-state index < -0.39 is 0 Å². The lowest BCUT2D eigenvalue weighted by Gasteiger charge is -1.97. The predicted octanol–water partition coefficient (Wildman–Crippen LogP) is 2.77. The minimum Gasteiger partial charge on any atom is -0.261 e. The zero-order valence-corrected chi connectivity index (χ0v) is 10.0. The zero-order chi connectivity index (χ0) is 11.3. The third-order valence-electron chi connectivity index (χ3n) is 2.57. The fourth-order valence-corrected chi connectivity index (χ4v) is 2.04. The summed E-state index contributed by atoms with van der Waals surface area (Å²) in [6, 6.07) is 4.12. The molecule has 2 rings (SSSR count). The average Bonchev–Trinajstić information content (AvgIpc) is 2.98. The van der Waals surface area contributed by atoms with Gasteiger partial charge in [-0.25, -0.2) is 0 Å². The normalized spacial score (nSPS) is 22.3. The van der Waals surface area contributed by atoms with Crippen LogP contribution in [0, 0.1) is 5.92 Å². The Bertz CT molecular complexity index is 361. The molecule has 1 fully saturated rings. The lowest BCUT2D eigenvalue weighted by molar-refractivity contribution is -0.191. The van der Waals surface area contributed by atoms with Crippen LogP contribution in [0.3, 0.4) is 0 Å². The third-order valence-corrected chi connectivity index (χ3v) is 3.06. The quantitative estimate of drug-likeness (QED) is 0.830. The molecule has 2 atom stereocenters. The van der Waals surface area contributed by atoms with Crippen LogP contribution in [0.4, 0.5) is 0 Å². The number of halogens is 1. The number of aromatic nitrogens is 1. The van der Waals surface area contributed by atoms with Crippen molar-refractivity contribution in [2.24, 2.45) is 5.92 Å². The van der Waals surface area contributed by atoms with Gasteiger partial charge in [-0.15, -0.1) is 0 Å². The molecule has 1 saturated carbocycles. The van der Waals surface area contributed by atoms with Crippen molar-refractivity contribution >= 4 is 22.1 Å². The lowest BCUT2D eigenvalue weighted by atomic mass is 10.2. The smallest absolute Gasteiger partial charge is 0.261 e. The lowest BCUT2D eigenvalue weighted by Crippen LogP contribution is -1.86. The van der Waals surface area contributed by atoms with Gasteiger partial charge in [-0.2, -0.15) is 9.59 Å². The molecule has 1 aliphatic carbocycles. The summed E-state index contributed by atoms with van der Waals surface area (Å²) in [4.78, 5) is 20.6. The fraction of sp³-hybridized carbons (Fsp3) is 0.455. The van der Waals surface area contributed by atoms with Gasteiger partial charge in [0.25, 0.3) is 0 Å². The highest BCUT2D eigenvalue weighted by Gasteiger charge is 2.37. The Balaban J connectivity index is 0.000000337. The summed E-state index contributed by atoms with van der Waals surface area (Å²) in [5, 5.41) is 0. The van der Waals surface area contributed by atoms with Crippen LogP contribution >= 0.6 is 15.9 Å². The molecular weight excluding hydrogens is 258 g/mol. The number of nitrogens with zero attached hydrogens (tertiary/aromatic N) is 1. The van der Waals surface area contributed by atoms with Gasteiger partial charge >= 0.3 is 6.15 Å². The summed E-state index contributed by atoms with van der Waals surface area (Å²) < 4.78 is 1.15. The first-order valence-electron chi connectivity index (χ1n) is 4.83. The molecule has 1 aliphatic rings. The van der Waals surface area contributed by atoms with Gasteiger partial charge < -0.3 is 0 Å². The van der Waals surface area contributed by atoms with Crippen LogP contribution in [0.1, 0.15) is 31.4 Å². The summed E-state index contributed by atoms with van der Waals surface area (Å²) in [7, 11) is 0. The molecule has 1 aromatic rings. The Morgan fingerprint density at radius 3 is 2.73 bits per heavy atom. The van der Waals surface area contributed by atoms with Crippen molar-refractivity contribution in [3.63, 3.8) is 0 Å². The van der Waals surface area contributed by atoms with Crippen molar-refractivity contribution in [3.8, 4) is 0 Å². The largest absolute Gasteiger partial charge is 0.373 e. The van der Waals surface area contributed by atoms with E-state index in [4.69, 9.17) is 9.59 Å². The molecule has 0 saturated heterocycles. The molecular formula is C11H12BrNO2. The van der Waals surface area contributed by atoms with E-state index in [0.717, 1.165) is 16.3 Å². The number of carbonyl (C=O) groups excluding carboxylic acids is 2. The Morgan fingerprint density at radius 1 is 1.60 bits per heavy atom. The second-order valence-corrected chi connectivity index (χ2v) is 4.41. The predicted molar refractivity (Wildman–Crippen MR) is 58.1 cm³/mol. The van der Waals surface area contributed by atoms with Gasteiger partial charge in [-0.3, -0.25) is 4.98 Å². The Labute approximate surface area is 97.0 Å². The van der Waals surface area contributed by atoms with Crippen molar-refractivity contribution in [2.45, 2.75) is 25.7 Å². The molecule has 0 amide bonds. The molecule has 0 spiro atoms. The molecule has 0 aliphatic heterocycles. The van der Waals surface area contributed by atoms with Gasteiger partial charge in [-0.05, 0) is 24.5 Å². The molecule has 1 heterocycles. The van der Waals surface area contributed by atoms with Crippen molar-refractivity contribution < 1.29 is 9.59 Å². The molecule has 15 heavy (non-hydrogen) atoms. The summed E-state index contributed by atoms with van der Waals surface area (Å²) in [5.41, 5.74) is 1.26. The van der Waals surface area contributed by atoms with Gasteiger partial charge in [0.2, 0.25) is 0 Å². The number of hydrogen-bond acceptors (Lipinski definition) is 3. The maximum Gasteiger partial charge on any atom is 0.373 e. The third kappa shape index (κ3) is 3.57. The van der Waals surface area contributed by atoms with Crippen molar-refractivity contribution in [1.82, 2.24) is 4.98 Å². The maximum absolute atomic E-state index is 8.12. The van der Waals surface area contributed by atoms with Crippen molar-refractivity contribution in [3.05, 3.63) is 28.5 Å². The highest BCUT2D eigenvalue weighted by Crippen LogP contribution is 2.48. The van der Waals surface area contributed by atoms with Gasteiger partial charge in [0.05, 0.1) is 0 Å². The molecule has 0 N–H and O–H groups in total. The first-order valence-corrected chi connectivity index (χ1v) is 5.63. The fourth-order valence-electron chi connectivity index (χ4n) is 1.68. The first kappa shape index (κ1) is 12.1. The summed E-state index contributed by atoms with van der Waals surface area (Å²) in [5.74, 6) is 1.64. The van der Waals surface area contributed by atoms with Crippen LogP contribution in [0.15, 0.2) is 22.8 Å². The van der Waals surface area contributed by atoms with Crippen LogP contribution in [0.25, 0.3) is 0 Å². The van der Waals surface area contributed by atoms with E-state index in [9.17, 15) is 0 Å². The summed E-state index contributed by atoms with van der Waals surface area (Å²) in [6.07, 6.45) is 4.75. The van der Waals surface area contributed by atoms with E-state index in [2.05, 4.69) is 33.9 Å². The molecule has 80 valence electrons. The molecule has 0 radical (unpaired) electrons. The molecule has 0 bridgehead atoms. The molecule has 2 unspecified atom stereocenters. The topological polar surface area (TPSA) is 47.0 Å². The minimum absolute atomic E-state index is 0.250. The Kier molecular flexibility index (Phi) is 4.66. The molecule has 0 aromatic carbocycles. The molecule has 1 aromatic heterocycles. The Morgan fingerprint density at radius 2 is 2.27 bits per heavy atom. The van der Waals surface area contributed by atoms with Crippen LogP contribution < -0.4 is 0 Å². The minimum atomic E-state index is 0.250. The van der Waals surface area contributed by atoms with E-state index in [1.807, 2.05) is 12.3 Å². The van der Waals surface area contributed by atoms with E-state index in [0.29, 0.717) is 0 Å². The number of pyridine rings is 1. The van der Waals surface area contributed by atoms with Crippen molar-refractivity contribution in [1.29, 1.82) is 0 Å². The standard InChI is InChI=1S/C10H12BrN.CO2/c1-2-7-5-9(7)10-6-8(11)3-4-12-10;2-1-3/h3-4,6-7,9H,2,5H2,1H3;. The van der Waals surface area contributed by atoms with E-state index in [1.54, 1.807) is 0 Å². The van der Waals surface area contributed by atoms with Crippen LogP contribution in [-0.2, 0) is 9.59 Å². The SMILES string of the molecule is CCC1CC1c1cc(Br)ccn1.O=C=O. The van der Waals surface area contributed by atoms with Gasteiger partial charge in [0.1, 0.15) is 0 Å². The van der Waals surface area contributed by atoms with E-state index >= 15 is 0 Å². The monoisotopic (exact) mass is 269 g/mol. The second-order valence-electron chi connectivity index (χ2n) is 3.49. The maximum atomic E-state index is 8.12. The molecule has 4 heteroatoms. The number of rotatable bonds is 2. The van der Waals surface area contributed by atoms with Gasteiger partial charge in [0.15, 0.2) is 0 Å².